The molecule has 0 bridgehead atoms. The number of halogens is 1. The summed E-state index contributed by atoms with van der Waals surface area (Å²) < 4.78 is 13.2. The van der Waals surface area contributed by atoms with Crippen molar-refractivity contribution in [3.05, 3.63) is 63.6 Å². The maximum atomic E-state index is 12.6. The molecule has 3 aromatic rings. The number of nitrogens with zero attached hydrogens (tertiary/aromatic N) is 3. The highest BCUT2D eigenvalue weighted by Crippen LogP contribution is 2.25. The molecule has 0 unspecified atom stereocenters. The van der Waals surface area contributed by atoms with Crippen molar-refractivity contribution in [2.75, 3.05) is 27.3 Å². The number of rotatable bonds is 8. The molecule has 0 aliphatic carbocycles. The fourth-order valence-corrected chi connectivity index (χ4v) is 3.21. The molecule has 0 atom stereocenters. The Hall–Kier alpha value is -2.87. The molecule has 0 aliphatic rings. The van der Waals surface area contributed by atoms with E-state index in [1.165, 1.54) is 10.9 Å². The normalized spacial score (nSPS) is 10.7. The summed E-state index contributed by atoms with van der Waals surface area (Å²) in [4.78, 5) is 30.9. The Morgan fingerprint density at radius 2 is 1.97 bits per heavy atom. The van der Waals surface area contributed by atoms with Crippen molar-refractivity contribution in [1.82, 2.24) is 14.5 Å². The average Bonchev–Trinajstić information content (AvgIpc) is 2.73. The zero-order valence-electron chi connectivity index (χ0n) is 16.3. The van der Waals surface area contributed by atoms with Crippen molar-refractivity contribution in [2.45, 2.75) is 13.0 Å². The summed E-state index contributed by atoms with van der Waals surface area (Å²) in [5.41, 5.74) is 0.470. The first-order valence-corrected chi connectivity index (χ1v) is 9.93. The van der Waals surface area contributed by atoms with Gasteiger partial charge >= 0.3 is 0 Å². The van der Waals surface area contributed by atoms with Crippen molar-refractivity contribution in [2.24, 2.45) is 0 Å². The minimum absolute atomic E-state index is 0.0742. The molecule has 1 heterocycles. The van der Waals surface area contributed by atoms with Crippen LogP contribution in [0.3, 0.4) is 0 Å². The van der Waals surface area contributed by atoms with E-state index in [-0.39, 0.29) is 24.4 Å². The lowest BCUT2D eigenvalue weighted by Gasteiger charge is -2.18. The van der Waals surface area contributed by atoms with Crippen LogP contribution in [-0.2, 0) is 11.3 Å². The number of carbonyl (C=O) groups is 1. The first-order chi connectivity index (χ1) is 14.0. The van der Waals surface area contributed by atoms with Gasteiger partial charge in [0.2, 0.25) is 5.91 Å². The Morgan fingerprint density at radius 1 is 1.21 bits per heavy atom. The molecule has 0 aliphatic heterocycles. The third kappa shape index (κ3) is 5.14. The first kappa shape index (κ1) is 20.9. The molecule has 2 aromatic carbocycles. The van der Waals surface area contributed by atoms with E-state index >= 15 is 0 Å². The Bertz CT molecular complexity index is 1070. The number of amides is 1. The van der Waals surface area contributed by atoms with Gasteiger partial charge in [0.1, 0.15) is 6.61 Å². The number of para-hydroxylation sites is 2. The minimum Gasteiger partial charge on any atom is -0.493 e. The molecule has 0 radical (unpaired) electrons. The van der Waals surface area contributed by atoms with Crippen LogP contribution in [0.2, 0.25) is 0 Å². The first-order valence-electron chi connectivity index (χ1n) is 9.14. The average molecular weight is 460 g/mol. The smallest absolute Gasteiger partial charge is 0.261 e. The van der Waals surface area contributed by atoms with Gasteiger partial charge in [0, 0.05) is 24.5 Å². The zero-order chi connectivity index (χ0) is 20.8. The van der Waals surface area contributed by atoms with Crippen molar-refractivity contribution in [1.29, 1.82) is 0 Å². The molecule has 1 aromatic heterocycles. The SMILES string of the molecule is COc1ccccc1OCCN(C)C(=O)CCn1cnc2ccc(Br)cc2c1=O. The highest BCUT2D eigenvalue weighted by atomic mass is 79.9. The van der Waals surface area contributed by atoms with E-state index in [0.29, 0.717) is 35.6 Å². The number of fused-ring (bicyclic) bond motifs is 1. The molecule has 0 saturated heterocycles. The second-order valence-corrected chi connectivity index (χ2v) is 7.38. The summed E-state index contributed by atoms with van der Waals surface area (Å²) in [7, 11) is 3.30. The Kier molecular flexibility index (Phi) is 6.87. The molecular weight excluding hydrogens is 438 g/mol. The molecule has 1 amide bonds. The van der Waals surface area contributed by atoms with E-state index in [4.69, 9.17) is 9.47 Å². The largest absolute Gasteiger partial charge is 0.493 e. The van der Waals surface area contributed by atoms with Crippen LogP contribution in [0.15, 0.2) is 58.1 Å². The fourth-order valence-electron chi connectivity index (χ4n) is 2.85. The Balaban J connectivity index is 1.54. The van der Waals surface area contributed by atoms with E-state index in [9.17, 15) is 9.59 Å². The van der Waals surface area contributed by atoms with Crippen molar-refractivity contribution in [3.8, 4) is 11.5 Å². The molecular formula is C21H22BrN3O4. The van der Waals surface area contributed by atoms with Crippen LogP contribution in [0.4, 0.5) is 0 Å². The summed E-state index contributed by atoms with van der Waals surface area (Å²) in [5.74, 6) is 1.21. The molecule has 7 nitrogen and oxygen atoms in total. The third-order valence-corrected chi connectivity index (χ3v) is 5.02. The monoisotopic (exact) mass is 459 g/mol. The number of hydrogen-bond donors (Lipinski definition) is 0. The molecule has 0 N–H and O–H groups in total. The molecule has 0 spiro atoms. The van der Waals surface area contributed by atoms with Gasteiger partial charge in [-0.05, 0) is 30.3 Å². The summed E-state index contributed by atoms with van der Waals surface area (Å²) in [5, 5.41) is 0.521. The van der Waals surface area contributed by atoms with E-state index in [2.05, 4.69) is 20.9 Å². The van der Waals surface area contributed by atoms with E-state index < -0.39 is 0 Å². The second kappa shape index (κ2) is 9.56. The van der Waals surface area contributed by atoms with E-state index in [1.54, 1.807) is 31.2 Å². The van der Waals surface area contributed by atoms with Crippen LogP contribution >= 0.6 is 15.9 Å². The highest BCUT2D eigenvalue weighted by molar-refractivity contribution is 9.10. The van der Waals surface area contributed by atoms with Crippen molar-refractivity contribution >= 4 is 32.7 Å². The summed E-state index contributed by atoms with van der Waals surface area (Å²) in [6, 6.07) is 12.7. The lowest BCUT2D eigenvalue weighted by Crippen LogP contribution is -2.32. The summed E-state index contributed by atoms with van der Waals surface area (Å²) in [6.45, 7) is 1.04. The Morgan fingerprint density at radius 3 is 2.72 bits per heavy atom. The summed E-state index contributed by atoms with van der Waals surface area (Å²) in [6.07, 6.45) is 1.68. The van der Waals surface area contributed by atoms with E-state index in [1.807, 2.05) is 30.3 Å². The van der Waals surface area contributed by atoms with Crippen LogP contribution in [0, 0.1) is 0 Å². The molecule has 8 heteroatoms. The number of ether oxygens (including phenoxy) is 2. The number of likely N-dealkylation sites (N-methyl/N-ethyl adjacent to an activating group) is 1. The van der Waals surface area contributed by atoms with Gasteiger partial charge in [0.05, 0.1) is 30.9 Å². The van der Waals surface area contributed by atoms with Crippen molar-refractivity contribution in [3.63, 3.8) is 0 Å². The Labute approximate surface area is 177 Å². The van der Waals surface area contributed by atoms with Crippen molar-refractivity contribution < 1.29 is 14.3 Å². The van der Waals surface area contributed by atoms with Gasteiger partial charge in [-0.3, -0.25) is 14.2 Å². The van der Waals surface area contributed by atoms with Gasteiger partial charge in [-0.2, -0.15) is 0 Å². The molecule has 3 rings (SSSR count). The predicted molar refractivity (Wildman–Crippen MR) is 114 cm³/mol. The van der Waals surface area contributed by atoms with Gasteiger partial charge in [0.15, 0.2) is 11.5 Å². The third-order valence-electron chi connectivity index (χ3n) is 4.53. The second-order valence-electron chi connectivity index (χ2n) is 6.47. The fraction of sp³-hybridized carbons (Fsp3) is 0.286. The van der Waals surface area contributed by atoms with Gasteiger partial charge in [-0.15, -0.1) is 0 Å². The maximum Gasteiger partial charge on any atom is 0.261 e. The van der Waals surface area contributed by atoms with Crippen LogP contribution < -0.4 is 15.0 Å². The van der Waals surface area contributed by atoms with Crippen LogP contribution in [0.25, 0.3) is 10.9 Å². The number of aromatic nitrogens is 2. The van der Waals surface area contributed by atoms with Gasteiger partial charge in [-0.1, -0.05) is 28.1 Å². The van der Waals surface area contributed by atoms with E-state index in [0.717, 1.165) is 4.47 Å². The van der Waals surface area contributed by atoms with Crippen LogP contribution in [0.5, 0.6) is 11.5 Å². The number of aryl methyl sites for hydroxylation is 1. The lowest BCUT2D eigenvalue weighted by atomic mass is 10.2. The number of carbonyl (C=O) groups excluding carboxylic acids is 1. The van der Waals surface area contributed by atoms with Crippen LogP contribution in [-0.4, -0.2) is 47.7 Å². The molecule has 0 saturated carbocycles. The standard InChI is InChI=1S/C21H22BrN3O4/c1-24(11-12-29-19-6-4-3-5-18(19)28-2)20(26)9-10-25-14-23-17-8-7-15(22)13-16(17)21(25)27/h3-8,13-14H,9-12H2,1-2H3. The topological polar surface area (TPSA) is 73.7 Å². The zero-order valence-corrected chi connectivity index (χ0v) is 17.9. The summed E-state index contributed by atoms with van der Waals surface area (Å²) >= 11 is 3.37. The maximum absolute atomic E-state index is 12.6. The number of hydrogen-bond acceptors (Lipinski definition) is 5. The van der Waals surface area contributed by atoms with Gasteiger partial charge in [-0.25, -0.2) is 4.98 Å². The lowest BCUT2D eigenvalue weighted by molar-refractivity contribution is -0.130. The number of methoxy groups -OCH3 is 1. The highest BCUT2D eigenvalue weighted by Gasteiger charge is 2.11. The quantitative estimate of drug-likeness (QED) is 0.517. The predicted octanol–water partition coefficient (Wildman–Crippen LogP) is 3.10. The molecule has 152 valence electrons. The van der Waals surface area contributed by atoms with Crippen LogP contribution in [0.1, 0.15) is 6.42 Å². The molecule has 29 heavy (non-hydrogen) atoms. The minimum atomic E-state index is -0.161. The molecule has 0 fully saturated rings. The van der Waals surface area contributed by atoms with Gasteiger partial charge < -0.3 is 14.4 Å². The van der Waals surface area contributed by atoms with Gasteiger partial charge in [0.25, 0.3) is 5.56 Å². The number of benzene rings is 2.